The van der Waals surface area contributed by atoms with Crippen molar-refractivity contribution < 1.29 is 24.2 Å². The molecule has 2 amide bonds. The zero-order chi connectivity index (χ0) is 19.3. The SMILES string of the molecule is COc1ccc(C(=O)NC(C(=O)N[C@H]2CC[C@@H](C(=O)O)C2)C(C)C)cc1. The van der Waals surface area contributed by atoms with Crippen molar-refractivity contribution in [2.45, 2.75) is 45.2 Å². The van der Waals surface area contributed by atoms with E-state index in [1.807, 2.05) is 13.8 Å². The first-order chi connectivity index (χ1) is 12.3. The number of carboxylic acid groups (broad SMARTS) is 1. The Morgan fingerprint density at radius 3 is 2.31 bits per heavy atom. The number of carbonyl (C=O) groups excluding carboxylic acids is 2. The molecule has 7 heteroatoms. The van der Waals surface area contributed by atoms with Crippen LogP contribution in [0.25, 0.3) is 0 Å². The summed E-state index contributed by atoms with van der Waals surface area (Å²) < 4.78 is 5.07. The van der Waals surface area contributed by atoms with Gasteiger partial charge in [-0.15, -0.1) is 0 Å². The molecule has 1 fully saturated rings. The van der Waals surface area contributed by atoms with Gasteiger partial charge in [0.25, 0.3) is 5.91 Å². The van der Waals surface area contributed by atoms with Crippen LogP contribution < -0.4 is 15.4 Å². The van der Waals surface area contributed by atoms with Gasteiger partial charge in [-0.05, 0) is 49.4 Å². The number of carbonyl (C=O) groups is 3. The largest absolute Gasteiger partial charge is 0.497 e. The van der Waals surface area contributed by atoms with E-state index in [9.17, 15) is 14.4 Å². The number of carboxylic acids is 1. The fourth-order valence-corrected chi connectivity index (χ4v) is 3.13. The third-order valence-electron chi connectivity index (χ3n) is 4.72. The van der Waals surface area contributed by atoms with Gasteiger partial charge in [0.2, 0.25) is 5.91 Å². The van der Waals surface area contributed by atoms with Gasteiger partial charge in [-0.1, -0.05) is 13.8 Å². The quantitative estimate of drug-likeness (QED) is 0.686. The van der Waals surface area contributed by atoms with Gasteiger partial charge in [0.15, 0.2) is 0 Å². The van der Waals surface area contributed by atoms with E-state index in [0.717, 1.165) is 0 Å². The van der Waals surface area contributed by atoms with E-state index in [1.165, 1.54) is 0 Å². The lowest BCUT2D eigenvalue weighted by Crippen LogP contribution is -2.51. The zero-order valence-electron chi connectivity index (χ0n) is 15.3. The topological polar surface area (TPSA) is 105 Å². The summed E-state index contributed by atoms with van der Waals surface area (Å²) in [6.45, 7) is 3.71. The fourth-order valence-electron chi connectivity index (χ4n) is 3.13. The molecule has 0 saturated heterocycles. The molecule has 0 bridgehead atoms. The zero-order valence-corrected chi connectivity index (χ0v) is 15.3. The summed E-state index contributed by atoms with van der Waals surface area (Å²) in [6, 6.07) is 5.79. The van der Waals surface area contributed by atoms with Gasteiger partial charge in [-0.2, -0.15) is 0 Å². The molecule has 7 nitrogen and oxygen atoms in total. The number of benzene rings is 1. The van der Waals surface area contributed by atoms with Gasteiger partial charge in [0.05, 0.1) is 13.0 Å². The van der Waals surface area contributed by atoms with E-state index < -0.39 is 17.9 Å². The second-order valence-electron chi connectivity index (χ2n) is 6.98. The molecule has 0 spiro atoms. The van der Waals surface area contributed by atoms with E-state index in [0.29, 0.717) is 30.6 Å². The molecule has 1 aliphatic carbocycles. The Bertz CT molecular complexity index is 656. The lowest BCUT2D eigenvalue weighted by atomic mass is 10.0. The lowest BCUT2D eigenvalue weighted by molar-refractivity contribution is -0.141. The predicted molar refractivity (Wildman–Crippen MR) is 96.0 cm³/mol. The van der Waals surface area contributed by atoms with E-state index in [4.69, 9.17) is 9.84 Å². The van der Waals surface area contributed by atoms with Crippen LogP contribution in [0, 0.1) is 11.8 Å². The number of hydrogen-bond acceptors (Lipinski definition) is 4. The molecule has 1 aromatic rings. The van der Waals surface area contributed by atoms with Crippen LogP contribution in [0.4, 0.5) is 0 Å². The number of hydrogen-bond donors (Lipinski definition) is 3. The van der Waals surface area contributed by atoms with Crippen molar-refractivity contribution >= 4 is 17.8 Å². The molecule has 3 N–H and O–H groups in total. The highest BCUT2D eigenvalue weighted by atomic mass is 16.5. The number of nitrogens with one attached hydrogen (secondary N) is 2. The van der Waals surface area contributed by atoms with Gasteiger partial charge in [-0.25, -0.2) is 0 Å². The van der Waals surface area contributed by atoms with Crippen molar-refractivity contribution in [2.75, 3.05) is 7.11 Å². The Balaban J connectivity index is 1.97. The standard InChI is InChI=1S/C19H26N2O5/c1-11(2)16(18(23)20-14-7-4-13(10-14)19(24)25)21-17(22)12-5-8-15(26-3)9-6-12/h5-6,8-9,11,13-14,16H,4,7,10H2,1-3H3,(H,20,23)(H,21,22)(H,24,25)/t13-,14+,16?/m1/s1. The Kier molecular flexibility index (Phi) is 6.60. The van der Waals surface area contributed by atoms with Crippen LogP contribution in [0.1, 0.15) is 43.5 Å². The van der Waals surface area contributed by atoms with Crippen LogP contribution in [0.3, 0.4) is 0 Å². The second kappa shape index (κ2) is 8.69. The molecule has 1 unspecified atom stereocenters. The van der Waals surface area contributed by atoms with Crippen LogP contribution in [-0.4, -0.2) is 42.1 Å². The van der Waals surface area contributed by atoms with Crippen molar-refractivity contribution in [3.05, 3.63) is 29.8 Å². The Morgan fingerprint density at radius 2 is 1.81 bits per heavy atom. The van der Waals surface area contributed by atoms with E-state index in [2.05, 4.69) is 10.6 Å². The van der Waals surface area contributed by atoms with Gasteiger partial charge in [0.1, 0.15) is 11.8 Å². The maximum atomic E-state index is 12.6. The average Bonchev–Trinajstić information content (AvgIpc) is 3.07. The molecule has 2 rings (SSSR count). The molecule has 26 heavy (non-hydrogen) atoms. The molecular weight excluding hydrogens is 336 g/mol. The molecule has 0 radical (unpaired) electrons. The average molecular weight is 362 g/mol. The van der Waals surface area contributed by atoms with Crippen molar-refractivity contribution in [3.8, 4) is 5.75 Å². The van der Waals surface area contributed by atoms with Gasteiger partial charge in [-0.3, -0.25) is 14.4 Å². The number of amides is 2. The first-order valence-electron chi connectivity index (χ1n) is 8.80. The van der Waals surface area contributed by atoms with Gasteiger partial charge >= 0.3 is 5.97 Å². The van der Waals surface area contributed by atoms with E-state index in [-0.39, 0.29) is 23.8 Å². The van der Waals surface area contributed by atoms with E-state index >= 15 is 0 Å². The highest BCUT2D eigenvalue weighted by Gasteiger charge is 2.33. The highest BCUT2D eigenvalue weighted by Crippen LogP contribution is 2.25. The third kappa shape index (κ3) is 4.97. The summed E-state index contributed by atoms with van der Waals surface area (Å²) in [5.74, 6) is -1.31. The summed E-state index contributed by atoms with van der Waals surface area (Å²) in [6.07, 6.45) is 1.63. The third-order valence-corrected chi connectivity index (χ3v) is 4.72. The second-order valence-corrected chi connectivity index (χ2v) is 6.98. The molecular formula is C19H26N2O5. The van der Waals surface area contributed by atoms with Crippen LogP contribution >= 0.6 is 0 Å². The van der Waals surface area contributed by atoms with Crippen LogP contribution in [0.15, 0.2) is 24.3 Å². The van der Waals surface area contributed by atoms with Crippen LogP contribution in [0.2, 0.25) is 0 Å². The number of ether oxygens (including phenoxy) is 1. The van der Waals surface area contributed by atoms with Gasteiger partial charge < -0.3 is 20.5 Å². The Hall–Kier alpha value is -2.57. The molecule has 0 aromatic heterocycles. The number of rotatable bonds is 7. The molecule has 1 aliphatic rings. The molecule has 1 saturated carbocycles. The van der Waals surface area contributed by atoms with Crippen LogP contribution in [0.5, 0.6) is 5.75 Å². The smallest absolute Gasteiger partial charge is 0.306 e. The normalized spacial score (nSPS) is 20.5. The molecule has 0 aliphatic heterocycles. The molecule has 3 atom stereocenters. The molecule has 1 aromatic carbocycles. The minimum absolute atomic E-state index is 0.103. The minimum Gasteiger partial charge on any atom is -0.497 e. The van der Waals surface area contributed by atoms with Crippen molar-refractivity contribution in [3.63, 3.8) is 0 Å². The summed E-state index contributed by atoms with van der Waals surface area (Å²) >= 11 is 0. The summed E-state index contributed by atoms with van der Waals surface area (Å²) in [5.41, 5.74) is 0.441. The number of aliphatic carboxylic acids is 1. The first kappa shape index (κ1) is 19.8. The highest BCUT2D eigenvalue weighted by molar-refractivity contribution is 5.97. The Labute approximate surface area is 153 Å². The monoisotopic (exact) mass is 362 g/mol. The maximum Gasteiger partial charge on any atom is 0.306 e. The van der Waals surface area contributed by atoms with Gasteiger partial charge in [0, 0.05) is 11.6 Å². The van der Waals surface area contributed by atoms with Crippen LogP contribution in [-0.2, 0) is 9.59 Å². The fraction of sp³-hybridized carbons (Fsp3) is 0.526. The summed E-state index contributed by atoms with van der Waals surface area (Å²) in [5, 5.41) is 14.7. The predicted octanol–water partition coefficient (Wildman–Crippen LogP) is 1.82. The maximum absolute atomic E-state index is 12.6. The van der Waals surface area contributed by atoms with Crippen molar-refractivity contribution in [2.24, 2.45) is 11.8 Å². The van der Waals surface area contributed by atoms with Crippen molar-refractivity contribution in [1.29, 1.82) is 0 Å². The van der Waals surface area contributed by atoms with Crippen molar-refractivity contribution in [1.82, 2.24) is 10.6 Å². The summed E-state index contributed by atoms with van der Waals surface area (Å²) in [7, 11) is 1.55. The summed E-state index contributed by atoms with van der Waals surface area (Å²) in [4.78, 5) is 36.1. The molecule has 142 valence electrons. The lowest BCUT2D eigenvalue weighted by Gasteiger charge is -2.24. The molecule has 0 heterocycles. The Morgan fingerprint density at radius 1 is 1.15 bits per heavy atom. The minimum atomic E-state index is -0.824. The first-order valence-corrected chi connectivity index (χ1v) is 8.80. The van der Waals surface area contributed by atoms with E-state index in [1.54, 1.807) is 31.4 Å². The number of methoxy groups -OCH3 is 1.